The minimum atomic E-state index is 0.236. The highest BCUT2D eigenvalue weighted by Crippen LogP contribution is 2.38. The number of phenols is 1. The van der Waals surface area contributed by atoms with Gasteiger partial charge in [0.15, 0.2) is 0 Å². The first kappa shape index (κ1) is 24.9. The van der Waals surface area contributed by atoms with E-state index in [9.17, 15) is 5.11 Å². The SMILES string of the molecule is CCc1ccc(-n2c3cc(Oc4cc(CC)c5ccc(CC)c(O)c5n4)ccc3c3c(CC)cccc32)nc1. The van der Waals surface area contributed by atoms with Crippen LogP contribution in [0.2, 0.25) is 0 Å². The van der Waals surface area contributed by atoms with E-state index < -0.39 is 0 Å². The maximum absolute atomic E-state index is 10.9. The van der Waals surface area contributed by atoms with E-state index in [1.165, 1.54) is 21.9 Å². The number of hydrogen-bond acceptors (Lipinski definition) is 4. The third-order valence-corrected chi connectivity index (χ3v) is 7.76. The van der Waals surface area contributed by atoms with Crippen molar-refractivity contribution in [3.63, 3.8) is 0 Å². The van der Waals surface area contributed by atoms with E-state index in [0.717, 1.165) is 59.0 Å². The number of aryl methyl sites for hydroxylation is 4. The number of ether oxygens (including phenoxy) is 1. The first-order valence-electron chi connectivity index (χ1n) is 13.9. The molecule has 0 saturated carbocycles. The quantitative estimate of drug-likeness (QED) is 0.232. The molecule has 3 aromatic heterocycles. The first-order valence-corrected chi connectivity index (χ1v) is 13.9. The van der Waals surface area contributed by atoms with Crippen LogP contribution >= 0.6 is 0 Å². The van der Waals surface area contributed by atoms with Gasteiger partial charge in [-0.05, 0) is 72.2 Å². The lowest BCUT2D eigenvalue weighted by molar-refractivity contribution is 0.458. The summed E-state index contributed by atoms with van der Waals surface area (Å²) in [6, 6.07) is 23.0. The maximum atomic E-state index is 10.9. The van der Waals surface area contributed by atoms with Crippen molar-refractivity contribution >= 4 is 32.7 Å². The Morgan fingerprint density at radius 2 is 1.54 bits per heavy atom. The number of phenolic OH excluding ortho intramolecular Hbond substituents is 1. The Labute approximate surface area is 228 Å². The second kappa shape index (κ2) is 10.1. The van der Waals surface area contributed by atoms with Crippen LogP contribution in [-0.2, 0) is 25.7 Å². The number of pyridine rings is 2. The lowest BCUT2D eigenvalue weighted by atomic mass is 10.0. The lowest BCUT2D eigenvalue weighted by Crippen LogP contribution is -1.98. The van der Waals surface area contributed by atoms with Crippen LogP contribution in [0.5, 0.6) is 17.4 Å². The van der Waals surface area contributed by atoms with Crippen molar-refractivity contribution in [1.29, 1.82) is 0 Å². The Morgan fingerprint density at radius 1 is 0.744 bits per heavy atom. The summed E-state index contributed by atoms with van der Waals surface area (Å²) in [7, 11) is 0. The molecule has 6 rings (SSSR count). The number of hydrogen-bond donors (Lipinski definition) is 1. The molecule has 3 heterocycles. The lowest BCUT2D eigenvalue weighted by Gasteiger charge is -2.13. The Hall–Kier alpha value is -4.38. The normalized spacial score (nSPS) is 11.6. The third-order valence-electron chi connectivity index (χ3n) is 7.76. The predicted octanol–water partition coefficient (Wildman–Crippen LogP) is 8.47. The van der Waals surface area contributed by atoms with E-state index >= 15 is 0 Å². The van der Waals surface area contributed by atoms with Gasteiger partial charge in [-0.2, -0.15) is 0 Å². The van der Waals surface area contributed by atoms with Crippen LogP contribution in [0.1, 0.15) is 49.9 Å². The molecule has 5 heteroatoms. The maximum Gasteiger partial charge on any atom is 0.220 e. The molecule has 6 aromatic rings. The molecule has 0 bridgehead atoms. The molecule has 1 N–H and O–H groups in total. The van der Waals surface area contributed by atoms with Crippen molar-refractivity contribution in [2.75, 3.05) is 0 Å². The summed E-state index contributed by atoms with van der Waals surface area (Å²) in [6.07, 6.45) is 5.41. The molecule has 0 unspecified atom stereocenters. The van der Waals surface area contributed by atoms with Crippen LogP contribution in [0.15, 0.2) is 72.9 Å². The van der Waals surface area contributed by atoms with Gasteiger partial charge in [0.05, 0.1) is 11.0 Å². The fourth-order valence-corrected chi connectivity index (χ4v) is 5.60. The van der Waals surface area contributed by atoms with Gasteiger partial charge in [0, 0.05) is 34.5 Å². The Kier molecular flexibility index (Phi) is 6.43. The van der Waals surface area contributed by atoms with Crippen molar-refractivity contribution < 1.29 is 9.84 Å². The van der Waals surface area contributed by atoms with Gasteiger partial charge >= 0.3 is 0 Å². The van der Waals surface area contributed by atoms with E-state index in [1.807, 2.05) is 31.3 Å². The van der Waals surface area contributed by atoms with Crippen LogP contribution in [0.4, 0.5) is 0 Å². The second-order valence-corrected chi connectivity index (χ2v) is 9.96. The first-order chi connectivity index (χ1) is 19.1. The Balaban J connectivity index is 1.53. The molecule has 3 aromatic carbocycles. The van der Waals surface area contributed by atoms with Gasteiger partial charge in [-0.1, -0.05) is 58.0 Å². The summed E-state index contributed by atoms with van der Waals surface area (Å²) in [4.78, 5) is 9.57. The average Bonchev–Trinajstić information content (AvgIpc) is 3.31. The molecule has 0 aliphatic rings. The molecule has 196 valence electrons. The van der Waals surface area contributed by atoms with Gasteiger partial charge in [0.25, 0.3) is 0 Å². The van der Waals surface area contributed by atoms with Gasteiger partial charge in [-0.3, -0.25) is 4.57 Å². The number of fused-ring (bicyclic) bond motifs is 4. The van der Waals surface area contributed by atoms with Gasteiger partial charge < -0.3 is 9.84 Å². The molecule has 0 amide bonds. The highest BCUT2D eigenvalue weighted by Gasteiger charge is 2.17. The number of aromatic hydroxyl groups is 1. The van der Waals surface area contributed by atoms with Crippen molar-refractivity contribution in [1.82, 2.24) is 14.5 Å². The van der Waals surface area contributed by atoms with Gasteiger partial charge in [-0.15, -0.1) is 0 Å². The number of rotatable bonds is 7. The van der Waals surface area contributed by atoms with E-state index in [4.69, 9.17) is 14.7 Å². The fraction of sp³-hybridized carbons (Fsp3) is 0.235. The highest BCUT2D eigenvalue weighted by molar-refractivity contribution is 6.11. The smallest absolute Gasteiger partial charge is 0.220 e. The number of aromatic nitrogens is 3. The minimum absolute atomic E-state index is 0.236. The zero-order valence-electron chi connectivity index (χ0n) is 23.0. The van der Waals surface area contributed by atoms with E-state index in [1.54, 1.807) is 0 Å². The fourth-order valence-electron chi connectivity index (χ4n) is 5.60. The van der Waals surface area contributed by atoms with Crippen molar-refractivity contribution in [2.45, 2.75) is 53.4 Å². The molecule has 5 nitrogen and oxygen atoms in total. The number of benzene rings is 3. The predicted molar refractivity (Wildman–Crippen MR) is 160 cm³/mol. The summed E-state index contributed by atoms with van der Waals surface area (Å²) >= 11 is 0. The molecule has 0 aliphatic heterocycles. The largest absolute Gasteiger partial charge is 0.505 e. The summed E-state index contributed by atoms with van der Waals surface area (Å²) in [6.45, 7) is 8.47. The monoisotopic (exact) mass is 515 g/mol. The summed E-state index contributed by atoms with van der Waals surface area (Å²) in [5.74, 6) is 2.28. The molecule has 0 fully saturated rings. The minimum Gasteiger partial charge on any atom is -0.505 e. The molecule has 0 spiro atoms. The van der Waals surface area contributed by atoms with Crippen LogP contribution in [-0.4, -0.2) is 19.6 Å². The van der Waals surface area contributed by atoms with Crippen molar-refractivity contribution in [3.05, 3.63) is 95.2 Å². The number of nitrogens with zero attached hydrogens (tertiary/aromatic N) is 3. The summed E-state index contributed by atoms with van der Waals surface area (Å²) < 4.78 is 8.61. The van der Waals surface area contributed by atoms with E-state index in [2.05, 4.69) is 73.9 Å². The van der Waals surface area contributed by atoms with Crippen LogP contribution in [0.3, 0.4) is 0 Å². The van der Waals surface area contributed by atoms with Gasteiger partial charge in [0.1, 0.15) is 22.8 Å². The molecular weight excluding hydrogens is 482 g/mol. The zero-order valence-corrected chi connectivity index (χ0v) is 23.0. The summed E-state index contributed by atoms with van der Waals surface area (Å²) in [5, 5.41) is 14.3. The molecule has 0 radical (unpaired) electrons. The molecule has 0 saturated heterocycles. The van der Waals surface area contributed by atoms with Crippen LogP contribution in [0, 0.1) is 0 Å². The second-order valence-electron chi connectivity index (χ2n) is 9.96. The third kappa shape index (κ3) is 4.19. The van der Waals surface area contributed by atoms with Crippen LogP contribution in [0.25, 0.3) is 38.5 Å². The standard InChI is InChI=1S/C34H33N3O2/c1-5-21-12-17-30(35-20-21)37-28-11-9-10-22(6-2)32(28)27-16-14-25(19-29(27)37)39-31-18-24(8-4)26-15-13-23(7-3)34(38)33(26)36-31/h9-20,38H,5-8H2,1-4H3. The van der Waals surface area contributed by atoms with Crippen LogP contribution < -0.4 is 4.74 Å². The topological polar surface area (TPSA) is 60.2 Å². The summed E-state index contributed by atoms with van der Waals surface area (Å²) in [5.41, 5.74) is 7.25. The Morgan fingerprint density at radius 3 is 2.26 bits per heavy atom. The molecule has 0 atom stereocenters. The van der Waals surface area contributed by atoms with Gasteiger partial charge in [0.2, 0.25) is 5.88 Å². The van der Waals surface area contributed by atoms with E-state index in [0.29, 0.717) is 17.1 Å². The highest BCUT2D eigenvalue weighted by atomic mass is 16.5. The molecular formula is C34H33N3O2. The zero-order chi connectivity index (χ0) is 27.1. The molecule has 0 aliphatic carbocycles. The van der Waals surface area contributed by atoms with Crippen molar-refractivity contribution in [2.24, 2.45) is 0 Å². The average molecular weight is 516 g/mol. The molecule has 39 heavy (non-hydrogen) atoms. The van der Waals surface area contributed by atoms with Gasteiger partial charge in [-0.25, -0.2) is 9.97 Å². The van der Waals surface area contributed by atoms with Crippen molar-refractivity contribution in [3.8, 4) is 23.2 Å². The Bertz CT molecular complexity index is 1830. The van der Waals surface area contributed by atoms with E-state index in [-0.39, 0.29) is 5.75 Å².